The third-order valence-corrected chi connectivity index (χ3v) is 5.49. The standard InChI is InChI=1S/C21H32FN5O3.HI/c1-3-30-21(28)27-9-7-26(8-10-27)20(23-2)24-16-19(25-11-13-29-14-12-25)17-5-4-6-18(22)15-17;/h4-6,15,19H,3,7-14,16H2,1-2H3,(H,23,24);1H. The largest absolute Gasteiger partial charge is 0.450 e. The Bertz CT molecular complexity index is 725. The zero-order valence-electron chi connectivity index (χ0n) is 18.3. The van der Waals surface area contributed by atoms with Crippen LogP contribution in [0, 0.1) is 5.82 Å². The normalized spacial score (nSPS) is 18.9. The SMILES string of the molecule is CCOC(=O)N1CCN(C(=NC)NCC(c2cccc(F)c2)N2CCOCC2)CC1.I. The van der Waals surface area contributed by atoms with Gasteiger partial charge < -0.3 is 24.6 Å². The van der Waals surface area contributed by atoms with Crippen LogP contribution in [0.1, 0.15) is 18.5 Å². The zero-order chi connectivity index (χ0) is 21.3. The van der Waals surface area contributed by atoms with Gasteiger partial charge in [0.2, 0.25) is 0 Å². The number of ether oxygens (including phenoxy) is 2. The number of piperazine rings is 1. The highest BCUT2D eigenvalue weighted by atomic mass is 127. The highest BCUT2D eigenvalue weighted by Gasteiger charge is 2.26. The molecule has 8 nitrogen and oxygen atoms in total. The molecule has 1 N–H and O–H groups in total. The van der Waals surface area contributed by atoms with Gasteiger partial charge in [-0.25, -0.2) is 9.18 Å². The number of amides is 1. The van der Waals surface area contributed by atoms with Crippen molar-refractivity contribution in [2.24, 2.45) is 4.99 Å². The number of hydrogen-bond acceptors (Lipinski definition) is 5. The maximum Gasteiger partial charge on any atom is 0.409 e. The molecule has 0 aromatic heterocycles. The first-order valence-electron chi connectivity index (χ1n) is 10.6. The van der Waals surface area contributed by atoms with Gasteiger partial charge >= 0.3 is 6.09 Å². The highest BCUT2D eigenvalue weighted by Crippen LogP contribution is 2.22. The smallest absolute Gasteiger partial charge is 0.409 e. The average Bonchev–Trinajstić information content (AvgIpc) is 2.78. The molecule has 3 rings (SSSR count). The Morgan fingerprint density at radius 2 is 1.87 bits per heavy atom. The Morgan fingerprint density at radius 1 is 1.19 bits per heavy atom. The number of hydrogen-bond donors (Lipinski definition) is 1. The lowest BCUT2D eigenvalue weighted by atomic mass is 10.0. The van der Waals surface area contributed by atoms with Gasteiger partial charge in [0.15, 0.2) is 5.96 Å². The van der Waals surface area contributed by atoms with E-state index in [1.165, 1.54) is 6.07 Å². The summed E-state index contributed by atoms with van der Waals surface area (Å²) in [6.07, 6.45) is -0.265. The number of rotatable bonds is 5. The fourth-order valence-corrected chi connectivity index (χ4v) is 3.90. The molecule has 2 heterocycles. The fraction of sp³-hybridized carbons (Fsp3) is 0.619. The van der Waals surface area contributed by atoms with Crippen LogP contribution >= 0.6 is 24.0 Å². The Hall–Kier alpha value is -1.66. The van der Waals surface area contributed by atoms with E-state index in [4.69, 9.17) is 9.47 Å². The summed E-state index contributed by atoms with van der Waals surface area (Å²) in [6.45, 7) is 8.31. The van der Waals surface area contributed by atoms with Crippen molar-refractivity contribution in [2.75, 3.05) is 72.7 Å². The van der Waals surface area contributed by atoms with E-state index in [1.54, 1.807) is 24.1 Å². The number of morpholine rings is 1. The molecule has 174 valence electrons. The Labute approximate surface area is 200 Å². The molecule has 0 radical (unpaired) electrons. The Morgan fingerprint density at radius 3 is 2.48 bits per heavy atom. The van der Waals surface area contributed by atoms with Crippen molar-refractivity contribution in [1.29, 1.82) is 0 Å². The predicted molar refractivity (Wildman–Crippen MR) is 128 cm³/mol. The van der Waals surface area contributed by atoms with E-state index in [0.717, 1.165) is 24.6 Å². The van der Waals surface area contributed by atoms with Crippen LogP contribution in [0.4, 0.5) is 9.18 Å². The Kier molecular flexibility index (Phi) is 10.7. The van der Waals surface area contributed by atoms with Gasteiger partial charge in [-0.05, 0) is 24.6 Å². The summed E-state index contributed by atoms with van der Waals surface area (Å²) in [5, 5.41) is 3.46. The van der Waals surface area contributed by atoms with E-state index in [1.807, 2.05) is 13.0 Å². The number of benzene rings is 1. The lowest BCUT2D eigenvalue weighted by molar-refractivity contribution is 0.0168. The maximum absolute atomic E-state index is 13.9. The molecule has 1 unspecified atom stereocenters. The first-order chi connectivity index (χ1) is 14.6. The molecular formula is C21H33FIN5O3. The third-order valence-electron chi connectivity index (χ3n) is 5.49. The minimum atomic E-state index is -0.265. The summed E-state index contributed by atoms with van der Waals surface area (Å²) in [4.78, 5) is 22.5. The summed E-state index contributed by atoms with van der Waals surface area (Å²) >= 11 is 0. The van der Waals surface area contributed by atoms with Crippen molar-refractivity contribution in [2.45, 2.75) is 13.0 Å². The molecule has 1 amide bonds. The molecule has 2 fully saturated rings. The van der Waals surface area contributed by atoms with Crippen LogP contribution in [0.25, 0.3) is 0 Å². The van der Waals surface area contributed by atoms with Gasteiger partial charge in [-0.15, -0.1) is 24.0 Å². The number of carbonyl (C=O) groups excluding carboxylic acids is 1. The molecule has 0 bridgehead atoms. The van der Waals surface area contributed by atoms with Gasteiger partial charge in [0.25, 0.3) is 0 Å². The lowest BCUT2D eigenvalue weighted by Crippen LogP contribution is -2.55. The number of aliphatic imine (C=N–C) groups is 1. The van der Waals surface area contributed by atoms with Gasteiger partial charge in [-0.3, -0.25) is 9.89 Å². The zero-order valence-corrected chi connectivity index (χ0v) is 20.6. The second kappa shape index (κ2) is 13.0. The number of guanidine groups is 1. The number of halogens is 2. The van der Waals surface area contributed by atoms with Crippen molar-refractivity contribution in [3.05, 3.63) is 35.6 Å². The predicted octanol–water partition coefficient (Wildman–Crippen LogP) is 2.17. The molecule has 1 aromatic carbocycles. The van der Waals surface area contributed by atoms with Crippen LogP contribution in [-0.4, -0.2) is 99.4 Å². The molecule has 1 atom stereocenters. The van der Waals surface area contributed by atoms with Crippen LogP contribution in [-0.2, 0) is 9.47 Å². The number of nitrogens with zero attached hydrogens (tertiary/aromatic N) is 4. The number of carbonyl (C=O) groups is 1. The second-order valence-corrected chi connectivity index (χ2v) is 7.32. The molecule has 31 heavy (non-hydrogen) atoms. The molecule has 0 spiro atoms. The molecule has 0 aliphatic carbocycles. The van der Waals surface area contributed by atoms with E-state index in [-0.39, 0.29) is 41.9 Å². The van der Waals surface area contributed by atoms with Gasteiger partial charge in [-0.2, -0.15) is 0 Å². The quantitative estimate of drug-likeness (QED) is 0.345. The molecule has 1 aromatic rings. The van der Waals surface area contributed by atoms with E-state index >= 15 is 0 Å². The molecule has 2 aliphatic rings. The summed E-state index contributed by atoms with van der Waals surface area (Å²) < 4.78 is 24.4. The van der Waals surface area contributed by atoms with Crippen LogP contribution in [0.2, 0.25) is 0 Å². The maximum atomic E-state index is 13.9. The second-order valence-electron chi connectivity index (χ2n) is 7.32. The average molecular weight is 549 g/mol. The summed E-state index contributed by atoms with van der Waals surface area (Å²) in [6, 6.07) is 6.80. The molecule has 2 aliphatic heterocycles. The van der Waals surface area contributed by atoms with Crippen LogP contribution in [0.3, 0.4) is 0 Å². The van der Waals surface area contributed by atoms with Gasteiger partial charge in [0.1, 0.15) is 5.82 Å². The topological polar surface area (TPSA) is 69.6 Å². The monoisotopic (exact) mass is 549 g/mol. The Balaban J connectivity index is 0.00000341. The molecular weight excluding hydrogens is 516 g/mol. The van der Waals surface area contributed by atoms with Crippen molar-refractivity contribution < 1.29 is 18.7 Å². The molecule has 2 saturated heterocycles. The summed E-state index contributed by atoms with van der Waals surface area (Å²) in [5.74, 6) is 0.554. The van der Waals surface area contributed by atoms with Crippen molar-refractivity contribution in [3.63, 3.8) is 0 Å². The lowest BCUT2D eigenvalue weighted by Gasteiger charge is -2.38. The molecule has 10 heteroatoms. The van der Waals surface area contributed by atoms with E-state index < -0.39 is 0 Å². The van der Waals surface area contributed by atoms with Crippen LogP contribution < -0.4 is 5.32 Å². The minimum Gasteiger partial charge on any atom is -0.450 e. The van der Waals surface area contributed by atoms with Gasteiger partial charge in [0.05, 0.1) is 25.9 Å². The minimum absolute atomic E-state index is 0. The first-order valence-corrected chi connectivity index (χ1v) is 10.6. The van der Waals surface area contributed by atoms with Crippen molar-refractivity contribution >= 4 is 36.0 Å². The van der Waals surface area contributed by atoms with Crippen molar-refractivity contribution in [3.8, 4) is 0 Å². The third kappa shape index (κ3) is 7.18. The van der Waals surface area contributed by atoms with Gasteiger partial charge in [-0.1, -0.05) is 12.1 Å². The van der Waals surface area contributed by atoms with Crippen LogP contribution in [0.5, 0.6) is 0 Å². The summed E-state index contributed by atoms with van der Waals surface area (Å²) in [7, 11) is 1.76. The van der Waals surface area contributed by atoms with E-state index in [2.05, 4.69) is 20.1 Å². The highest BCUT2D eigenvalue weighted by molar-refractivity contribution is 14.0. The van der Waals surface area contributed by atoms with Crippen molar-refractivity contribution in [1.82, 2.24) is 20.0 Å². The van der Waals surface area contributed by atoms with Gasteiger partial charge in [0, 0.05) is 52.9 Å². The fourth-order valence-electron chi connectivity index (χ4n) is 3.90. The summed E-state index contributed by atoms with van der Waals surface area (Å²) in [5.41, 5.74) is 0.937. The van der Waals surface area contributed by atoms with E-state index in [0.29, 0.717) is 52.5 Å². The van der Waals surface area contributed by atoms with Crippen LogP contribution in [0.15, 0.2) is 29.3 Å². The number of nitrogens with one attached hydrogen (secondary N) is 1. The molecule has 0 saturated carbocycles. The first kappa shape index (κ1) is 25.6. The van der Waals surface area contributed by atoms with E-state index in [9.17, 15) is 9.18 Å².